The topological polar surface area (TPSA) is 50.1 Å². The fourth-order valence-electron chi connectivity index (χ4n) is 5.96. The van der Waals surface area contributed by atoms with E-state index in [4.69, 9.17) is 10.00 Å². The summed E-state index contributed by atoms with van der Waals surface area (Å²) >= 11 is 0. The summed E-state index contributed by atoms with van der Waals surface area (Å²) in [5.41, 5.74) is -0.230. The van der Waals surface area contributed by atoms with Gasteiger partial charge in [0.2, 0.25) is 0 Å². The van der Waals surface area contributed by atoms with Gasteiger partial charge in [0.05, 0.1) is 17.8 Å². The van der Waals surface area contributed by atoms with Crippen molar-refractivity contribution >= 4 is 5.78 Å². The summed E-state index contributed by atoms with van der Waals surface area (Å²) in [6.07, 6.45) is 8.66. The molecular weight excluding hydrogens is 250 g/mol. The van der Waals surface area contributed by atoms with Crippen LogP contribution in [0.2, 0.25) is 0 Å². The molecular formula is C17H21NO2. The Morgan fingerprint density at radius 1 is 1.50 bits per heavy atom. The SMILES string of the molecule is CC12CC34C=CC(=O)C(C)(CCC#N)C3C(CC1C4)O2. The van der Waals surface area contributed by atoms with Crippen molar-refractivity contribution in [3.05, 3.63) is 12.2 Å². The summed E-state index contributed by atoms with van der Waals surface area (Å²) in [6.45, 7) is 4.32. The molecule has 4 fully saturated rings. The van der Waals surface area contributed by atoms with Crippen LogP contribution in [0.4, 0.5) is 0 Å². The Hall–Kier alpha value is -1.14. The van der Waals surface area contributed by atoms with E-state index in [-0.39, 0.29) is 28.8 Å². The molecule has 2 aliphatic heterocycles. The lowest BCUT2D eigenvalue weighted by Crippen LogP contribution is -2.56. The normalized spacial score (nSPS) is 55.0. The van der Waals surface area contributed by atoms with Gasteiger partial charge in [-0.2, -0.15) is 5.26 Å². The van der Waals surface area contributed by atoms with E-state index in [1.807, 2.05) is 6.08 Å². The van der Waals surface area contributed by atoms with E-state index in [9.17, 15) is 4.79 Å². The first-order valence-corrected chi connectivity index (χ1v) is 7.72. The smallest absolute Gasteiger partial charge is 0.161 e. The average Bonchev–Trinajstić information content (AvgIpc) is 2.75. The minimum absolute atomic E-state index is 0.0298. The molecule has 3 nitrogen and oxygen atoms in total. The van der Waals surface area contributed by atoms with Crippen LogP contribution in [0.1, 0.15) is 46.0 Å². The molecule has 2 saturated carbocycles. The van der Waals surface area contributed by atoms with Crippen LogP contribution in [-0.4, -0.2) is 17.5 Å². The molecule has 6 atom stereocenters. The summed E-state index contributed by atoms with van der Waals surface area (Å²) in [7, 11) is 0. The Labute approximate surface area is 120 Å². The predicted octanol–water partition coefficient (Wildman–Crippen LogP) is 3.01. The highest BCUT2D eigenvalue weighted by atomic mass is 16.5. The third-order valence-electron chi connectivity index (χ3n) is 6.67. The second-order valence-corrected chi connectivity index (χ2v) is 7.77. The highest BCUT2D eigenvalue weighted by molar-refractivity contribution is 5.96. The van der Waals surface area contributed by atoms with Gasteiger partial charge in [0, 0.05) is 17.8 Å². The molecule has 0 radical (unpaired) electrons. The molecule has 0 aromatic carbocycles. The van der Waals surface area contributed by atoms with Gasteiger partial charge in [-0.1, -0.05) is 13.0 Å². The summed E-state index contributed by atoms with van der Waals surface area (Å²) < 4.78 is 6.36. The van der Waals surface area contributed by atoms with E-state index >= 15 is 0 Å². The number of carbonyl (C=O) groups excluding carboxylic acids is 1. The molecule has 0 N–H and O–H groups in total. The average molecular weight is 271 g/mol. The van der Waals surface area contributed by atoms with Gasteiger partial charge in [0.25, 0.3) is 0 Å². The maximum Gasteiger partial charge on any atom is 0.161 e. The molecule has 1 spiro atoms. The molecule has 0 amide bonds. The van der Waals surface area contributed by atoms with Gasteiger partial charge in [0.15, 0.2) is 5.78 Å². The molecule has 2 saturated heterocycles. The Morgan fingerprint density at radius 2 is 2.30 bits per heavy atom. The second kappa shape index (κ2) is 3.54. The summed E-state index contributed by atoms with van der Waals surface area (Å²) in [4.78, 5) is 12.5. The number of allylic oxidation sites excluding steroid dienone is 2. The largest absolute Gasteiger partial charge is 0.371 e. The van der Waals surface area contributed by atoms with Crippen molar-refractivity contribution in [1.82, 2.24) is 0 Å². The van der Waals surface area contributed by atoms with Gasteiger partial charge in [-0.15, -0.1) is 0 Å². The van der Waals surface area contributed by atoms with Crippen LogP contribution in [0.25, 0.3) is 0 Å². The fourth-order valence-corrected chi connectivity index (χ4v) is 5.96. The van der Waals surface area contributed by atoms with Crippen LogP contribution < -0.4 is 0 Å². The van der Waals surface area contributed by atoms with Crippen LogP contribution in [0.3, 0.4) is 0 Å². The predicted molar refractivity (Wildman–Crippen MR) is 73.6 cm³/mol. The zero-order valence-electron chi connectivity index (χ0n) is 12.2. The number of hydrogen-bond donors (Lipinski definition) is 0. The quantitative estimate of drug-likeness (QED) is 0.775. The minimum Gasteiger partial charge on any atom is -0.371 e. The first-order valence-electron chi connectivity index (χ1n) is 7.72. The monoisotopic (exact) mass is 271 g/mol. The molecule has 3 aliphatic carbocycles. The second-order valence-electron chi connectivity index (χ2n) is 7.77. The molecule has 0 aromatic heterocycles. The summed E-state index contributed by atoms with van der Waals surface area (Å²) in [5.74, 6) is 1.13. The number of nitrogens with zero attached hydrogens (tertiary/aromatic N) is 1. The molecule has 106 valence electrons. The zero-order chi connectivity index (χ0) is 14.2. The van der Waals surface area contributed by atoms with Crippen molar-refractivity contribution in [3.63, 3.8) is 0 Å². The molecule has 5 rings (SSSR count). The van der Waals surface area contributed by atoms with E-state index in [1.54, 1.807) is 0 Å². The number of rotatable bonds is 2. The zero-order valence-corrected chi connectivity index (χ0v) is 12.2. The summed E-state index contributed by atoms with van der Waals surface area (Å²) in [6, 6.07) is 2.22. The first kappa shape index (κ1) is 12.6. The molecule has 5 aliphatic rings. The van der Waals surface area contributed by atoms with Crippen LogP contribution >= 0.6 is 0 Å². The van der Waals surface area contributed by atoms with Crippen LogP contribution in [-0.2, 0) is 9.53 Å². The van der Waals surface area contributed by atoms with Crippen LogP contribution in [0.15, 0.2) is 12.2 Å². The minimum atomic E-state index is -0.411. The van der Waals surface area contributed by atoms with Crippen molar-refractivity contribution in [3.8, 4) is 6.07 Å². The number of nitriles is 1. The molecule has 2 heterocycles. The Kier molecular flexibility index (Phi) is 2.23. The van der Waals surface area contributed by atoms with Gasteiger partial charge in [-0.25, -0.2) is 0 Å². The number of hydrogen-bond acceptors (Lipinski definition) is 3. The van der Waals surface area contributed by atoms with Crippen molar-refractivity contribution in [2.75, 3.05) is 0 Å². The Bertz CT molecular complexity index is 562. The number of carbonyl (C=O) groups is 1. The van der Waals surface area contributed by atoms with Gasteiger partial charge in [-0.3, -0.25) is 4.79 Å². The first-order chi connectivity index (χ1) is 9.44. The fraction of sp³-hybridized carbons (Fsp3) is 0.765. The van der Waals surface area contributed by atoms with Crippen LogP contribution in [0, 0.1) is 34.0 Å². The molecule has 3 heteroatoms. The summed E-state index contributed by atoms with van der Waals surface area (Å²) in [5, 5.41) is 8.93. The molecule has 6 unspecified atom stereocenters. The lowest BCUT2D eigenvalue weighted by molar-refractivity contribution is -0.168. The van der Waals surface area contributed by atoms with Crippen LogP contribution in [0.5, 0.6) is 0 Å². The lowest BCUT2D eigenvalue weighted by atomic mass is 9.51. The third-order valence-corrected chi connectivity index (χ3v) is 6.67. The van der Waals surface area contributed by atoms with E-state index < -0.39 is 5.41 Å². The van der Waals surface area contributed by atoms with Crippen molar-refractivity contribution in [2.45, 2.75) is 57.7 Å². The molecule has 4 bridgehead atoms. The van der Waals surface area contributed by atoms with Crippen molar-refractivity contribution in [1.29, 1.82) is 5.26 Å². The highest BCUT2D eigenvalue weighted by Gasteiger charge is 2.71. The van der Waals surface area contributed by atoms with Crippen molar-refractivity contribution in [2.24, 2.45) is 22.7 Å². The Balaban J connectivity index is 1.80. The highest BCUT2D eigenvalue weighted by Crippen LogP contribution is 2.71. The van der Waals surface area contributed by atoms with Gasteiger partial charge >= 0.3 is 0 Å². The number of ether oxygens (including phenoxy) is 1. The van der Waals surface area contributed by atoms with Gasteiger partial charge in [-0.05, 0) is 50.0 Å². The molecule has 0 aromatic rings. The standard InChI is InChI=1S/C17H21NO2/c1-15(5-3-7-18)13(19)4-6-17-9-11-8-12(14(15)17)20-16(11,2)10-17/h4,6,11-12,14H,3,5,8-10H2,1-2H3. The molecule has 20 heavy (non-hydrogen) atoms. The van der Waals surface area contributed by atoms with E-state index in [2.05, 4.69) is 26.0 Å². The van der Waals surface area contributed by atoms with Crippen molar-refractivity contribution < 1.29 is 9.53 Å². The van der Waals surface area contributed by atoms with E-state index in [0.717, 1.165) is 19.3 Å². The van der Waals surface area contributed by atoms with E-state index in [1.165, 1.54) is 0 Å². The maximum atomic E-state index is 12.5. The third kappa shape index (κ3) is 1.27. The van der Waals surface area contributed by atoms with E-state index in [0.29, 0.717) is 18.8 Å². The lowest BCUT2D eigenvalue weighted by Gasteiger charge is -2.55. The van der Waals surface area contributed by atoms with Gasteiger partial charge in [0.1, 0.15) is 0 Å². The van der Waals surface area contributed by atoms with Gasteiger partial charge < -0.3 is 4.74 Å². The number of ketones is 1. The maximum absolute atomic E-state index is 12.5. The Morgan fingerprint density at radius 3 is 3.00 bits per heavy atom.